The molecule has 0 aromatic heterocycles. The van der Waals surface area contributed by atoms with Crippen LogP contribution in [0.5, 0.6) is 0 Å². The number of halogens is 4. The SMILES string of the molecule is COC(=O)C1=C(Nc2ccc(Cl)cc2Cl)CC(C(=O)OC)C(Nc2ccc(Cl)cc2Cl)C1. The van der Waals surface area contributed by atoms with E-state index in [9.17, 15) is 9.59 Å². The van der Waals surface area contributed by atoms with Crippen molar-refractivity contribution in [3.05, 3.63) is 67.8 Å². The Bertz CT molecular complexity index is 1070. The van der Waals surface area contributed by atoms with Gasteiger partial charge >= 0.3 is 11.9 Å². The molecule has 170 valence electrons. The molecule has 0 spiro atoms. The van der Waals surface area contributed by atoms with E-state index in [1.807, 2.05) is 0 Å². The molecule has 2 atom stereocenters. The first-order valence-corrected chi connectivity index (χ1v) is 11.1. The lowest BCUT2D eigenvalue weighted by Gasteiger charge is -2.34. The standard InChI is InChI=1S/C22H20Cl4N2O4/c1-31-21(29)13-9-20(28-18-6-4-12(24)8-16(18)26)14(22(30)32-2)10-19(13)27-17-5-3-11(23)7-15(17)25/h3-8,13,19,27-28H,9-10H2,1-2H3. The lowest BCUT2D eigenvalue weighted by Crippen LogP contribution is -2.41. The summed E-state index contributed by atoms with van der Waals surface area (Å²) in [6.45, 7) is 0. The summed E-state index contributed by atoms with van der Waals surface area (Å²) in [6.07, 6.45) is 0.359. The zero-order valence-corrected chi connectivity index (χ0v) is 20.2. The molecule has 0 heterocycles. The molecule has 32 heavy (non-hydrogen) atoms. The van der Waals surface area contributed by atoms with Crippen LogP contribution in [0.4, 0.5) is 11.4 Å². The zero-order valence-electron chi connectivity index (χ0n) is 17.2. The summed E-state index contributed by atoms with van der Waals surface area (Å²) in [5.74, 6) is -1.57. The van der Waals surface area contributed by atoms with Crippen molar-refractivity contribution in [2.45, 2.75) is 18.9 Å². The van der Waals surface area contributed by atoms with Gasteiger partial charge in [-0.3, -0.25) is 4.79 Å². The van der Waals surface area contributed by atoms with E-state index in [-0.39, 0.29) is 12.8 Å². The fraction of sp³-hybridized carbons (Fsp3) is 0.273. The Hall–Kier alpha value is -2.12. The van der Waals surface area contributed by atoms with Crippen molar-refractivity contribution in [1.29, 1.82) is 0 Å². The van der Waals surface area contributed by atoms with Crippen molar-refractivity contribution in [3.63, 3.8) is 0 Å². The molecule has 0 saturated heterocycles. The molecule has 0 fully saturated rings. The Morgan fingerprint density at radius 1 is 0.875 bits per heavy atom. The van der Waals surface area contributed by atoms with Gasteiger partial charge in [-0.25, -0.2) is 4.79 Å². The Morgan fingerprint density at radius 3 is 2.00 bits per heavy atom. The second-order valence-corrected chi connectivity index (χ2v) is 8.80. The van der Waals surface area contributed by atoms with E-state index in [4.69, 9.17) is 55.9 Å². The zero-order chi connectivity index (χ0) is 23.4. The molecule has 2 unspecified atom stereocenters. The quantitative estimate of drug-likeness (QED) is 0.444. The van der Waals surface area contributed by atoms with Crippen LogP contribution in [0.15, 0.2) is 47.7 Å². The Kier molecular flexibility index (Phi) is 8.17. The van der Waals surface area contributed by atoms with Gasteiger partial charge in [0.25, 0.3) is 0 Å². The molecule has 0 radical (unpaired) electrons. The molecule has 0 amide bonds. The summed E-state index contributed by atoms with van der Waals surface area (Å²) in [5.41, 5.74) is 2.01. The monoisotopic (exact) mass is 516 g/mol. The molecule has 2 aromatic rings. The first-order chi connectivity index (χ1) is 15.2. The van der Waals surface area contributed by atoms with Gasteiger partial charge in [0.2, 0.25) is 0 Å². The minimum atomic E-state index is -0.617. The third-order valence-electron chi connectivity index (χ3n) is 5.12. The van der Waals surface area contributed by atoms with Crippen LogP contribution in [-0.4, -0.2) is 32.2 Å². The Labute approximate surface area is 205 Å². The number of benzene rings is 2. The third-order valence-corrected chi connectivity index (χ3v) is 6.22. The summed E-state index contributed by atoms with van der Waals surface area (Å²) >= 11 is 24.5. The number of hydrogen-bond donors (Lipinski definition) is 2. The minimum Gasteiger partial charge on any atom is -0.469 e. The molecule has 1 aliphatic rings. The minimum absolute atomic E-state index is 0.180. The van der Waals surface area contributed by atoms with Crippen LogP contribution in [0.1, 0.15) is 12.8 Å². The topological polar surface area (TPSA) is 76.7 Å². The number of hydrogen-bond acceptors (Lipinski definition) is 6. The van der Waals surface area contributed by atoms with E-state index < -0.39 is 23.9 Å². The molecule has 2 aromatic carbocycles. The first kappa shape index (κ1) is 24.5. The molecule has 1 aliphatic carbocycles. The number of nitrogens with one attached hydrogen (secondary N) is 2. The maximum Gasteiger partial charge on any atom is 0.335 e. The molecule has 3 rings (SSSR count). The summed E-state index contributed by atoms with van der Waals surface area (Å²) in [7, 11) is 2.62. The predicted molar refractivity (Wildman–Crippen MR) is 128 cm³/mol. The van der Waals surface area contributed by atoms with Crippen molar-refractivity contribution in [2.75, 3.05) is 24.9 Å². The number of ether oxygens (including phenoxy) is 2. The van der Waals surface area contributed by atoms with Gasteiger partial charge < -0.3 is 20.1 Å². The highest BCUT2D eigenvalue weighted by Crippen LogP contribution is 2.37. The van der Waals surface area contributed by atoms with Crippen LogP contribution in [-0.2, 0) is 19.1 Å². The van der Waals surface area contributed by atoms with Gasteiger partial charge in [0, 0.05) is 34.6 Å². The lowest BCUT2D eigenvalue weighted by molar-refractivity contribution is -0.146. The van der Waals surface area contributed by atoms with E-state index >= 15 is 0 Å². The second-order valence-electron chi connectivity index (χ2n) is 7.11. The van der Waals surface area contributed by atoms with Gasteiger partial charge in [-0.05, 0) is 36.4 Å². The molecular weight excluding hydrogens is 498 g/mol. The van der Waals surface area contributed by atoms with Crippen LogP contribution >= 0.6 is 46.4 Å². The maximum absolute atomic E-state index is 12.6. The van der Waals surface area contributed by atoms with Crippen LogP contribution < -0.4 is 10.6 Å². The van der Waals surface area contributed by atoms with Gasteiger partial charge in [0.15, 0.2) is 0 Å². The van der Waals surface area contributed by atoms with Crippen LogP contribution in [0.2, 0.25) is 20.1 Å². The summed E-state index contributed by atoms with van der Waals surface area (Å²) in [6, 6.07) is 9.44. The Morgan fingerprint density at radius 2 is 1.47 bits per heavy atom. The van der Waals surface area contributed by atoms with Crippen molar-refractivity contribution >= 4 is 69.7 Å². The van der Waals surface area contributed by atoms with Gasteiger partial charge in [0.05, 0.1) is 47.1 Å². The fourth-order valence-electron chi connectivity index (χ4n) is 3.54. The van der Waals surface area contributed by atoms with Crippen molar-refractivity contribution < 1.29 is 19.1 Å². The molecule has 0 aliphatic heterocycles. The largest absolute Gasteiger partial charge is 0.469 e. The highest BCUT2D eigenvalue weighted by atomic mass is 35.5. The smallest absolute Gasteiger partial charge is 0.335 e. The van der Waals surface area contributed by atoms with Crippen LogP contribution in [0.3, 0.4) is 0 Å². The number of rotatable bonds is 6. The van der Waals surface area contributed by atoms with E-state index in [1.54, 1.807) is 36.4 Å². The molecule has 0 saturated carbocycles. The average Bonchev–Trinajstić information content (AvgIpc) is 2.76. The average molecular weight is 518 g/mol. The molecule has 10 heteroatoms. The molecule has 2 N–H and O–H groups in total. The van der Waals surface area contributed by atoms with Crippen LogP contribution in [0.25, 0.3) is 0 Å². The molecule has 6 nitrogen and oxygen atoms in total. The summed E-state index contributed by atoms with van der Waals surface area (Å²) in [5, 5.41) is 8.13. The van der Waals surface area contributed by atoms with Crippen LogP contribution in [0, 0.1) is 5.92 Å². The molecular formula is C22H20Cl4N2O4. The number of allylic oxidation sites excluding steroid dienone is 1. The number of esters is 2. The van der Waals surface area contributed by atoms with Gasteiger partial charge in [0.1, 0.15) is 0 Å². The number of carbonyl (C=O) groups excluding carboxylic acids is 2. The van der Waals surface area contributed by atoms with Crippen molar-refractivity contribution in [3.8, 4) is 0 Å². The number of carbonyl (C=O) groups is 2. The lowest BCUT2D eigenvalue weighted by atomic mass is 9.82. The number of anilines is 2. The maximum atomic E-state index is 12.6. The summed E-state index contributed by atoms with van der Waals surface area (Å²) < 4.78 is 10.0. The summed E-state index contributed by atoms with van der Waals surface area (Å²) in [4.78, 5) is 25.2. The van der Waals surface area contributed by atoms with Crippen molar-refractivity contribution in [2.24, 2.45) is 5.92 Å². The second kappa shape index (κ2) is 10.7. The van der Waals surface area contributed by atoms with E-state index in [0.717, 1.165) is 0 Å². The Balaban J connectivity index is 1.99. The van der Waals surface area contributed by atoms with Gasteiger partial charge in [-0.1, -0.05) is 46.4 Å². The highest BCUT2D eigenvalue weighted by molar-refractivity contribution is 6.37. The predicted octanol–water partition coefficient (Wildman–Crippen LogP) is 6.20. The van der Waals surface area contributed by atoms with Gasteiger partial charge in [-0.2, -0.15) is 0 Å². The third kappa shape index (κ3) is 5.62. The van der Waals surface area contributed by atoms with E-state index in [2.05, 4.69) is 10.6 Å². The molecule has 0 bridgehead atoms. The fourth-order valence-corrected chi connectivity index (χ4v) is 4.46. The number of methoxy groups -OCH3 is 2. The first-order valence-electron chi connectivity index (χ1n) is 9.55. The van der Waals surface area contributed by atoms with E-state index in [1.165, 1.54) is 14.2 Å². The highest BCUT2D eigenvalue weighted by Gasteiger charge is 2.38. The van der Waals surface area contributed by atoms with Crippen molar-refractivity contribution in [1.82, 2.24) is 0 Å². The normalized spacial score (nSPS) is 18.2. The van der Waals surface area contributed by atoms with E-state index in [0.29, 0.717) is 42.7 Å². The van der Waals surface area contributed by atoms with Gasteiger partial charge in [-0.15, -0.1) is 0 Å².